The second kappa shape index (κ2) is 12.8. The van der Waals surface area contributed by atoms with Crippen LogP contribution in [0.2, 0.25) is 0 Å². The molecule has 56 heavy (non-hydrogen) atoms. The number of alkyl halides is 2. The van der Waals surface area contributed by atoms with Crippen LogP contribution in [0.1, 0.15) is 51.4 Å². The second-order valence-corrected chi connectivity index (χ2v) is 15.7. The van der Waals surface area contributed by atoms with Gasteiger partial charge >= 0.3 is 0 Å². The molecular weight excluding hydrogens is 782 g/mol. The van der Waals surface area contributed by atoms with E-state index in [1.807, 2.05) is 0 Å². The van der Waals surface area contributed by atoms with Crippen molar-refractivity contribution < 1.29 is 51.0 Å². The number of rotatable bonds is 5. The first-order valence-corrected chi connectivity index (χ1v) is 18.1. The zero-order chi connectivity index (χ0) is 40.3. The number of amides is 4. The standard InChI is InChI=1S/C41H27Cl2F5N2O6/c1-17-14-21(15-18(2)34(17)51)27-23-12-13-24-26(37(54)49(36(24)53)22-10-8-20(9-11-22)35(52)19-6-4-3-5-7-19)25(23)16-40(42)38(55)50(39(56)41(27,40)43)33-31(47)29(45)28(44)30(46)32(33)48/h3-12,14-15,24-27,51H,13,16H2,1-2H3/t24-,25+,26-,27-,40+,41-/m0/s1. The lowest BCUT2D eigenvalue weighted by atomic mass is 9.56. The van der Waals surface area contributed by atoms with Crippen LogP contribution in [0.4, 0.5) is 33.3 Å². The molecular formula is C41H27Cl2F5N2O6. The maximum atomic E-state index is 15.3. The molecule has 0 radical (unpaired) electrons. The summed E-state index contributed by atoms with van der Waals surface area (Å²) >= 11 is 14.4. The highest BCUT2D eigenvalue weighted by molar-refractivity contribution is 6.58. The molecule has 3 fully saturated rings. The highest BCUT2D eigenvalue weighted by Crippen LogP contribution is 2.66. The Balaban J connectivity index is 1.25. The maximum Gasteiger partial charge on any atom is 0.258 e. The van der Waals surface area contributed by atoms with Crippen LogP contribution in [0, 0.1) is 60.7 Å². The highest BCUT2D eigenvalue weighted by Gasteiger charge is 2.77. The molecule has 6 atom stereocenters. The van der Waals surface area contributed by atoms with Gasteiger partial charge in [0.2, 0.25) is 17.6 Å². The third kappa shape index (κ3) is 4.92. The fraction of sp³-hybridized carbons (Fsp3) is 0.244. The van der Waals surface area contributed by atoms with Crippen LogP contribution < -0.4 is 9.80 Å². The Morgan fingerprint density at radius 3 is 1.88 bits per heavy atom. The van der Waals surface area contributed by atoms with E-state index >= 15 is 8.78 Å². The van der Waals surface area contributed by atoms with Gasteiger partial charge in [0, 0.05) is 17.0 Å². The zero-order valence-corrected chi connectivity index (χ0v) is 30.7. The predicted octanol–water partition coefficient (Wildman–Crippen LogP) is 7.70. The third-order valence-corrected chi connectivity index (χ3v) is 12.9. The van der Waals surface area contributed by atoms with Crippen molar-refractivity contribution in [1.82, 2.24) is 0 Å². The lowest BCUT2D eigenvalue weighted by Crippen LogP contribution is -2.60. The number of imide groups is 2. The van der Waals surface area contributed by atoms with E-state index in [0.717, 1.165) is 4.90 Å². The van der Waals surface area contributed by atoms with Gasteiger partial charge in [-0.25, -0.2) is 26.9 Å². The molecule has 8 rings (SSSR count). The number of carbonyl (C=O) groups excluding carboxylic acids is 5. The number of anilines is 2. The first kappa shape index (κ1) is 37.5. The normalized spacial score (nSPS) is 27.0. The van der Waals surface area contributed by atoms with E-state index in [1.165, 1.54) is 50.2 Å². The summed E-state index contributed by atoms with van der Waals surface area (Å²) in [6.07, 6.45) is 0.871. The van der Waals surface area contributed by atoms with E-state index in [1.54, 1.807) is 36.4 Å². The molecule has 0 unspecified atom stereocenters. The number of aromatic hydroxyl groups is 1. The average molecular weight is 810 g/mol. The lowest BCUT2D eigenvalue weighted by molar-refractivity contribution is -0.125. The SMILES string of the molecule is Cc1cc([C@H]2C3=CC[C@@H]4C(=O)N(c5ccc(C(=O)c6ccccc6)cc5)C(=O)[C@@H]4[C@@H]3C[C@@]3(Cl)C(=O)N(c4c(F)c(F)c(F)c(F)c4F)C(=O)[C@@]23Cl)cc(C)c1O. The lowest BCUT2D eigenvalue weighted by Gasteiger charge is -2.50. The Labute approximate surface area is 325 Å². The predicted molar refractivity (Wildman–Crippen MR) is 193 cm³/mol. The molecule has 2 heterocycles. The summed E-state index contributed by atoms with van der Waals surface area (Å²) in [7, 11) is 0. The van der Waals surface area contributed by atoms with Crippen molar-refractivity contribution in [1.29, 1.82) is 0 Å². The molecule has 2 aliphatic carbocycles. The second-order valence-electron chi connectivity index (χ2n) is 14.5. The van der Waals surface area contributed by atoms with Gasteiger partial charge in [-0.05, 0) is 73.6 Å². The summed E-state index contributed by atoms with van der Waals surface area (Å²) in [6.45, 7) is 3.06. The summed E-state index contributed by atoms with van der Waals surface area (Å²) in [6, 6.07) is 17.1. The number of phenols is 1. The summed E-state index contributed by atoms with van der Waals surface area (Å²) in [5, 5.41) is 10.6. The summed E-state index contributed by atoms with van der Waals surface area (Å²) in [5.41, 5.74) is 0.0256. The molecule has 286 valence electrons. The van der Waals surface area contributed by atoms with Crippen molar-refractivity contribution in [3.8, 4) is 5.75 Å². The van der Waals surface area contributed by atoms with Crippen molar-refractivity contribution >= 4 is 64.0 Å². The number of nitrogens with zero attached hydrogens (tertiary/aromatic N) is 2. The minimum atomic E-state index is -2.69. The Morgan fingerprint density at radius 2 is 1.29 bits per heavy atom. The molecule has 1 saturated carbocycles. The molecule has 2 aliphatic heterocycles. The van der Waals surface area contributed by atoms with Gasteiger partial charge in [0.15, 0.2) is 38.8 Å². The van der Waals surface area contributed by atoms with E-state index < -0.39 is 98.2 Å². The van der Waals surface area contributed by atoms with Gasteiger partial charge in [-0.1, -0.05) is 54.1 Å². The van der Waals surface area contributed by atoms with E-state index in [-0.39, 0.29) is 50.8 Å². The molecule has 15 heteroatoms. The molecule has 4 amide bonds. The van der Waals surface area contributed by atoms with E-state index in [0.29, 0.717) is 11.1 Å². The van der Waals surface area contributed by atoms with Gasteiger partial charge in [-0.2, -0.15) is 0 Å². The largest absolute Gasteiger partial charge is 0.507 e. The van der Waals surface area contributed by atoms with Gasteiger partial charge in [-0.3, -0.25) is 28.9 Å². The van der Waals surface area contributed by atoms with Crippen molar-refractivity contribution in [2.45, 2.75) is 42.4 Å². The van der Waals surface area contributed by atoms with Crippen molar-refractivity contribution in [2.75, 3.05) is 9.80 Å². The number of ketones is 1. The summed E-state index contributed by atoms with van der Waals surface area (Å²) in [4.78, 5) is 65.8. The Bertz CT molecular complexity index is 2450. The topological polar surface area (TPSA) is 112 Å². The van der Waals surface area contributed by atoms with Gasteiger partial charge in [0.25, 0.3) is 11.8 Å². The number of phenolic OH excluding ortho intramolecular Hbond substituents is 1. The monoisotopic (exact) mass is 808 g/mol. The van der Waals surface area contributed by atoms with Crippen LogP contribution in [0.15, 0.2) is 78.4 Å². The maximum absolute atomic E-state index is 15.3. The van der Waals surface area contributed by atoms with Crippen molar-refractivity contribution in [3.05, 3.63) is 135 Å². The summed E-state index contributed by atoms with van der Waals surface area (Å²) in [5.74, 6) is -22.1. The Hall–Kier alpha value is -5.40. The molecule has 0 bridgehead atoms. The molecule has 4 aliphatic rings. The number of benzene rings is 4. The van der Waals surface area contributed by atoms with Gasteiger partial charge in [-0.15, -0.1) is 23.2 Å². The number of halogens is 7. The molecule has 2 saturated heterocycles. The van der Waals surface area contributed by atoms with Crippen LogP contribution in [0.25, 0.3) is 0 Å². The fourth-order valence-electron chi connectivity index (χ4n) is 8.87. The summed E-state index contributed by atoms with van der Waals surface area (Å²) < 4.78 is 73.8. The van der Waals surface area contributed by atoms with E-state index in [4.69, 9.17) is 23.2 Å². The number of fused-ring (bicyclic) bond motifs is 4. The fourth-order valence-corrected chi connectivity index (χ4v) is 9.80. The average Bonchev–Trinajstić information content (AvgIpc) is 3.53. The molecule has 8 nitrogen and oxygen atoms in total. The van der Waals surface area contributed by atoms with Gasteiger partial charge < -0.3 is 5.11 Å². The first-order valence-electron chi connectivity index (χ1n) is 17.3. The number of hydrogen-bond donors (Lipinski definition) is 1. The number of aryl methyl sites for hydroxylation is 2. The quantitative estimate of drug-likeness (QED) is 0.0421. The number of allylic oxidation sites excluding steroid dienone is 2. The third-order valence-electron chi connectivity index (χ3n) is 11.5. The number of carbonyl (C=O) groups is 5. The minimum Gasteiger partial charge on any atom is -0.507 e. The van der Waals surface area contributed by atoms with Crippen LogP contribution in [-0.4, -0.2) is 44.3 Å². The Kier molecular flexibility index (Phi) is 8.59. The molecule has 4 aromatic rings. The molecule has 1 N–H and O–H groups in total. The van der Waals surface area contributed by atoms with Gasteiger partial charge in [0.05, 0.1) is 17.5 Å². The first-order chi connectivity index (χ1) is 26.4. The number of hydrogen-bond acceptors (Lipinski definition) is 6. The molecule has 0 spiro atoms. The highest BCUT2D eigenvalue weighted by atomic mass is 35.5. The van der Waals surface area contributed by atoms with Gasteiger partial charge in [0.1, 0.15) is 11.4 Å². The molecule has 0 aromatic heterocycles. The van der Waals surface area contributed by atoms with Crippen LogP contribution in [-0.2, 0) is 19.2 Å². The van der Waals surface area contributed by atoms with Crippen LogP contribution in [0.5, 0.6) is 5.75 Å². The van der Waals surface area contributed by atoms with E-state index in [9.17, 15) is 42.3 Å². The smallest absolute Gasteiger partial charge is 0.258 e. The van der Waals surface area contributed by atoms with E-state index in [2.05, 4.69) is 0 Å². The Morgan fingerprint density at radius 1 is 0.732 bits per heavy atom. The minimum absolute atomic E-state index is 0.0551. The van der Waals surface area contributed by atoms with Crippen LogP contribution in [0.3, 0.4) is 0 Å². The van der Waals surface area contributed by atoms with Crippen molar-refractivity contribution in [2.24, 2.45) is 17.8 Å². The van der Waals surface area contributed by atoms with Crippen molar-refractivity contribution in [3.63, 3.8) is 0 Å². The van der Waals surface area contributed by atoms with Crippen LogP contribution >= 0.6 is 23.2 Å². The zero-order valence-electron chi connectivity index (χ0n) is 29.2. The molecule has 4 aromatic carbocycles.